The second-order valence-electron chi connectivity index (χ2n) is 4.00. The van der Waals surface area contributed by atoms with Crippen molar-refractivity contribution in [2.75, 3.05) is 25.4 Å². The molecule has 0 aliphatic heterocycles. The number of sulfonamides is 1. The van der Waals surface area contributed by atoms with E-state index in [2.05, 4.69) is 26.9 Å². The van der Waals surface area contributed by atoms with Crippen LogP contribution in [0.4, 0.5) is 0 Å². The summed E-state index contributed by atoms with van der Waals surface area (Å²) >= 11 is 0. The lowest BCUT2D eigenvalue weighted by atomic mass is 10.1. The molecule has 1 amide bonds. The molecule has 0 aliphatic rings. The highest BCUT2D eigenvalue weighted by molar-refractivity contribution is 7.89. The third kappa shape index (κ3) is 5.91. The number of nitrogens with zero attached hydrogens (tertiary/aromatic N) is 1. The fraction of sp³-hybridized carbons (Fsp3) is 0.385. The van der Waals surface area contributed by atoms with Crippen molar-refractivity contribution in [1.29, 1.82) is 0 Å². The van der Waals surface area contributed by atoms with Gasteiger partial charge in [-0.05, 0) is 6.07 Å². The van der Waals surface area contributed by atoms with E-state index >= 15 is 0 Å². The van der Waals surface area contributed by atoms with Crippen molar-refractivity contribution in [2.24, 2.45) is 5.73 Å². The average molecular weight is 310 g/mol. The molecular formula is C13H18N4O3S. The van der Waals surface area contributed by atoms with E-state index in [1.165, 1.54) is 18.5 Å². The summed E-state index contributed by atoms with van der Waals surface area (Å²) in [5.41, 5.74) is 6.08. The Morgan fingerprint density at radius 1 is 1.48 bits per heavy atom. The molecule has 0 saturated carbocycles. The van der Waals surface area contributed by atoms with Gasteiger partial charge >= 0.3 is 0 Å². The first kappa shape index (κ1) is 17.1. The van der Waals surface area contributed by atoms with Crippen LogP contribution in [0.1, 0.15) is 22.8 Å². The van der Waals surface area contributed by atoms with E-state index in [4.69, 9.17) is 5.73 Å². The number of nitrogens with one attached hydrogen (secondary N) is 2. The zero-order chi connectivity index (χ0) is 15.7. The zero-order valence-electron chi connectivity index (χ0n) is 11.7. The summed E-state index contributed by atoms with van der Waals surface area (Å²) in [5, 5.41) is 2.55. The van der Waals surface area contributed by atoms with Gasteiger partial charge < -0.3 is 11.1 Å². The number of pyridine rings is 1. The molecule has 7 nitrogen and oxygen atoms in total. The molecule has 0 atom stereocenters. The molecule has 21 heavy (non-hydrogen) atoms. The summed E-state index contributed by atoms with van der Waals surface area (Å²) in [6.45, 7) is 2.20. The van der Waals surface area contributed by atoms with Crippen LogP contribution in [0.2, 0.25) is 0 Å². The molecular weight excluding hydrogens is 292 g/mol. The Hall–Kier alpha value is -1.95. The minimum Gasteiger partial charge on any atom is -0.351 e. The fourth-order valence-corrected chi connectivity index (χ4v) is 2.48. The van der Waals surface area contributed by atoms with E-state index in [1.54, 1.807) is 6.92 Å². The number of rotatable bonds is 6. The van der Waals surface area contributed by atoms with Crippen LogP contribution >= 0.6 is 0 Å². The van der Waals surface area contributed by atoms with Crippen LogP contribution in [0.5, 0.6) is 0 Å². The normalized spacial score (nSPS) is 10.6. The van der Waals surface area contributed by atoms with Crippen molar-refractivity contribution in [3.8, 4) is 11.8 Å². The van der Waals surface area contributed by atoms with Gasteiger partial charge in [-0.1, -0.05) is 18.8 Å². The lowest BCUT2D eigenvalue weighted by Crippen LogP contribution is -2.34. The van der Waals surface area contributed by atoms with E-state index in [-0.39, 0.29) is 18.8 Å². The number of hydrogen-bond acceptors (Lipinski definition) is 5. The van der Waals surface area contributed by atoms with E-state index < -0.39 is 15.9 Å². The first-order valence-corrected chi connectivity index (χ1v) is 8.04. The zero-order valence-corrected chi connectivity index (χ0v) is 12.5. The highest BCUT2D eigenvalue weighted by Crippen LogP contribution is 2.05. The maximum atomic E-state index is 12.0. The minimum absolute atomic E-state index is 0.0141. The van der Waals surface area contributed by atoms with Gasteiger partial charge in [0.1, 0.15) is 0 Å². The molecule has 1 aromatic rings. The topological polar surface area (TPSA) is 114 Å². The van der Waals surface area contributed by atoms with Gasteiger partial charge in [0.2, 0.25) is 10.0 Å². The van der Waals surface area contributed by atoms with Gasteiger partial charge in [-0.15, -0.1) is 0 Å². The Kier molecular flexibility index (Phi) is 6.81. The third-order valence-electron chi connectivity index (χ3n) is 2.41. The maximum Gasteiger partial charge on any atom is 0.252 e. The number of carbonyl (C=O) groups is 1. The Morgan fingerprint density at radius 2 is 2.24 bits per heavy atom. The summed E-state index contributed by atoms with van der Waals surface area (Å²) in [4.78, 5) is 15.9. The molecule has 0 fully saturated rings. The lowest BCUT2D eigenvalue weighted by molar-refractivity contribution is 0.0956. The van der Waals surface area contributed by atoms with E-state index in [1.807, 2.05) is 0 Å². The molecule has 0 aromatic carbocycles. The number of amides is 1. The summed E-state index contributed by atoms with van der Waals surface area (Å²) < 4.78 is 25.2. The number of nitrogens with two attached hydrogens (primary N) is 1. The molecule has 4 N–H and O–H groups in total. The number of aromatic nitrogens is 1. The number of carbonyl (C=O) groups excluding carboxylic acids is 1. The largest absolute Gasteiger partial charge is 0.351 e. The maximum absolute atomic E-state index is 12.0. The van der Waals surface area contributed by atoms with Crippen molar-refractivity contribution >= 4 is 15.9 Å². The van der Waals surface area contributed by atoms with Crippen LogP contribution in [0.15, 0.2) is 18.5 Å². The predicted molar refractivity (Wildman–Crippen MR) is 80.0 cm³/mol. The van der Waals surface area contributed by atoms with Crippen LogP contribution < -0.4 is 15.8 Å². The molecule has 8 heteroatoms. The predicted octanol–water partition coefficient (Wildman–Crippen LogP) is -0.939. The van der Waals surface area contributed by atoms with Gasteiger partial charge in [-0.25, -0.2) is 13.1 Å². The van der Waals surface area contributed by atoms with Crippen LogP contribution in [0.3, 0.4) is 0 Å². The Morgan fingerprint density at radius 3 is 2.90 bits per heavy atom. The monoisotopic (exact) mass is 310 g/mol. The molecule has 1 aromatic heterocycles. The van der Waals surface area contributed by atoms with Gasteiger partial charge in [-0.2, -0.15) is 0 Å². The summed E-state index contributed by atoms with van der Waals surface area (Å²) in [6, 6.07) is 1.52. The second kappa shape index (κ2) is 8.36. The SMILES string of the molecule is CCNS(=O)(=O)CCNC(=O)c1ccncc1C#CCN. The van der Waals surface area contributed by atoms with Crippen molar-refractivity contribution < 1.29 is 13.2 Å². The Bertz CT molecular complexity index is 647. The van der Waals surface area contributed by atoms with Gasteiger partial charge in [0.25, 0.3) is 5.91 Å². The van der Waals surface area contributed by atoms with E-state index in [0.29, 0.717) is 17.7 Å². The van der Waals surface area contributed by atoms with Crippen LogP contribution in [-0.4, -0.2) is 44.7 Å². The van der Waals surface area contributed by atoms with Gasteiger partial charge in [0.05, 0.1) is 23.4 Å². The van der Waals surface area contributed by atoms with Gasteiger partial charge in [0, 0.05) is 25.5 Å². The van der Waals surface area contributed by atoms with E-state index in [9.17, 15) is 13.2 Å². The standard InChI is InChI=1S/C13H18N4O3S/c1-2-17-21(19,20)9-8-16-13(18)12-5-7-15-10-11(12)4-3-6-14/h5,7,10,17H,2,6,8-9,14H2,1H3,(H,16,18). The Balaban J connectivity index is 2.69. The molecule has 0 saturated heterocycles. The molecule has 114 valence electrons. The van der Waals surface area contributed by atoms with Crippen molar-refractivity contribution in [3.05, 3.63) is 29.6 Å². The molecule has 1 rings (SSSR count). The summed E-state index contributed by atoms with van der Waals surface area (Å²) in [5.74, 6) is 4.82. The molecule has 0 spiro atoms. The highest BCUT2D eigenvalue weighted by atomic mass is 32.2. The lowest BCUT2D eigenvalue weighted by Gasteiger charge is -2.07. The van der Waals surface area contributed by atoms with E-state index in [0.717, 1.165) is 0 Å². The summed E-state index contributed by atoms with van der Waals surface area (Å²) in [6.07, 6.45) is 2.94. The molecule has 0 aliphatic carbocycles. The second-order valence-corrected chi connectivity index (χ2v) is 5.93. The molecule has 1 heterocycles. The first-order valence-electron chi connectivity index (χ1n) is 6.38. The first-order chi connectivity index (χ1) is 10.00. The minimum atomic E-state index is -3.36. The Labute approximate surface area is 124 Å². The van der Waals surface area contributed by atoms with Gasteiger partial charge in [0.15, 0.2) is 0 Å². The smallest absolute Gasteiger partial charge is 0.252 e. The fourth-order valence-electron chi connectivity index (χ4n) is 1.52. The van der Waals surface area contributed by atoms with Crippen molar-refractivity contribution in [3.63, 3.8) is 0 Å². The quantitative estimate of drug-likeness (QED) is 0.587. The highest BCUT2D eigenvalue weighted by Gasteiger charge is 2.12. The van der Waals surface area contributed by atoms with Crippen molar-refractivity contribution in [2.45, 2.75) is 6.92 Å². The van der Waals surface area contributed by atoms with Crippen molar-refractivity contribution in [1.82, 2.24) is 15.0 Å². The molecule has 0 bridgehead atoms. The summed E-state index contributed by atoms with van der Waals surface area (Å²) in [7, 11) is -3.36. The van der Waals surface area contributed by atoms with Gasteiger partial charge in [-0.3, -0.25) is 9.78 Å². The van der Waals surface area contributed by atoms with Crippen LogP contribution in [0, 0.1) is 11.8 Å². The number of hydrogen-bond donors (Lipinski definition) is 3. The molecule has 0 unspecified atom stereocenters. The third-order valence-corrected chi connectivity index (χ3v) is 3.88. The average Bonchev–Trinajstić information content (AvgIpc) is 2.45. The van der Waals surface area contributed by atoms with Crippen LogP contribution in [-0.2, 0) is 10.0 Å². The molecule has 0 radical (unpaired) electrons. The van der Waals surface area contributed by atoms with Crippen LogP contribution in [0.25, 0.3) is 0 Å².